The Kier molecular flexibility index (Phi) is 5.58. The molecule has 0 fully saturated rings. The number of phenolic OH excluding ortho intramolecular Hbond substituents is 1. The van der Waals surface area contributed by atoms with E-state index >= 15 is 0 Å². The van der Waals surface area contributed by atoms with Crippen molar-refractivity contribution in [2.75, 3.05) is 5.32 Å². The van der Waals surface area contributed by atoms with Crippen molar-refractivity contribution in [3.63, 3.8) is 0 Å². The fourth-order valence-corrected chi connectivity index (χ4v) is 2.22. The summed E-state index contributed by atoms with van der Waals surface area (Å²) in [5.74, 6) is -0.371. The summed E-state index contributed by atoms with van der Waals surface area (Å²) in [6, 6.07) is 14.5. The van der Waals surface area contributed by atoms with Crippen LogP contribution in [-0.4, -0.2) is 11.0 Å². The van der Waals surface area contributed by atoms with Crippen LogP contribution >= 0.6 is 0 Å². The third kappa shape index (κ3) is 4.62. The highest BCUT2D eigenvalue weighted by atomic mass is 16.3. The Bertz CT molecular complexity index is 820. The Morgan fingerprint density at radius 3 is 2.71 bits per heavy atom. The predicted molar refractivity (Wildman–Crippen MR) is 93.2 cm³/mol. The van der Waals surface area contributed by atoms with Crippen molar-refractivity contribution < 1.29 is 9.90 Å². The zero-order valence-corrected chi connectivity index (χ0v) is 13.6. The molecule has 0 bridgehead atoms. The van der Waals surface area contributed by atoms with E-state index in [1.54, 1.807) is 19.1 Å². The van der Waals surface area contributed by atoms with Gasteiger partial charge in [0.2, 0.25) is 0 Å². The fourth-order valence-electron chi connectivity index (χ4n) is 2.22. The first-order valence-electron chi connectivity index (χ1n) is 7.50. The first-order chi connectivity index (χ1) is 11.5. The second-order valence-electron chi connectivity index (χ2n) is 5.49. The largest absolute Gasteiger partial charge is 0.508 e. The van der Waals surface area contributed by atoms with E-state index in [1.807, 2.05) is 37.3 Å². The first-order valence-corrected chi connectivity index (χ1v) is 7.50. The monoisotopic (exact) mass is 321 g/mol. The number of hydrogen-bond acceptors (Lipinski definition) is 4. The van der Waals surface area contributed by atoms with E-state index in [2.05, 4.69) is 10.6 Å². The maximum absolute atomic E-state index is 12.2. The van der Waals surface area contributed by atoms with Crippen LogP contribution in [0.5, 0.6) is 5.75 Å². The molecule has 122 valence electrons. The second-order valence-corrected chi connectivity index (χ2v) is 5.49. The number of carbonyl (C=O) groups is 1. The maximum atomic E-state index is 12.2. The third-order valence-corrected chi connectivity index (χ3v) is 3.46. The summed E-state index contributed by atoms with van der Waals surface area (Å²) in [7, 11) is 0. The number of aryl methyl sites for hydroxylation is 2. The lowest BCUT2D eigenvalue weighted by Gasteiger charge is -2.08. The Balaban J connectivity index is 2.01. The van der Waals surface area contributed by atoms with E-state index in [0.29, 0.717) is 17.8 Å². The number of phenols is 1. The van der Waals surface area contributed by atoms with Crippen LogP contribution in [0.3, 0.4) is 0 Å². The molecule has 0 saturated heterocycles. The van der Waals surface area contributed by atoms with E-state index in [9.17, 15) is 15.2 Å². The summed E-state index contributed by atoms with van der Waals surface area (Å²) in [4.78, 5) is 12.2. The van der Waals surface area contributed by atoms with Gasteiger partial charge in [0.15, 0.2) is 0 Å². The summed E-state index contributed by atoms with van der Waals surface area (Å²) in [6.45, 7) is 4.30. The lowest BCUT2D eigenvalue weighted by Crippen LogP contribution is -2.17. The highest BCUT2D eigenvalue weighted by molar-refractivity contribution is 6.06. The molecule has 0 aromatic heterocycles. The van der Waals surface area contributed by atoms with Crippen molar-refractivity contribution in [3.05, 3.63) is 70.9 Å². The molecule has 0 aliphatic rings. The number of amides is 1. The van der Waals surface area contributed by atoms with Gasteiger partial charge in [0.25, 0.3) is 5.91 Å². The molecule has 1 amide bonds. The molecule has 2 aromatic carbocycles. The van der Waals surface area contributed by atoms with Gasteiger partial charge in [0.05, 0.1) is 0 Å². The summed E-state index contributed by atoms with van der Waals surface area (Å²) in [5, 5.41) is 24.2. The molecule has 5 nitrogen and oxygen atoms in total. The third-order valence-electron chi connectivity index (χ3n) is 3.46. The molecule has 5 heteroatoms. The second kappa shape index (κ2) is 7.84. The highest BCUT2D eigenvalue weighted by Crippen LogP contribution is 2.20. The SMILES string of the molecule is Cc1cccc(CN/C=C(/C#N)C(=O)Nc2ccc(O)cc2C)c1. The molecule has 24 heavy (non-hydrogen) atoms. The lowest BCUT2D eigenvalue weighted by molar-refractivity contribution is -0.112. The normalized spacial score (nSPS) is 10.8. The number of nitrogens with one attached hydrogen (secondary N) is 2. The quantitative estimate of drug-likeness (QED) is 0.449. The minimum atomic E-state index is -0.497. The Morgan fingerprint density at radius 2 is 2.04 bits per heavy atom. The molecule has 3 N–H and O–H groups in total. The Hall–Kier alpha value is -3.26. The van der Waals surface area contributed by atoms with Crippen molar-refractivity contribution in [1.82, 2.24) is 5.32 Å². The zero-order valence-electron chi connectivity index (χ0n) is 13.6. The van der Waals surface area contributed by atoms with Crippen LogP contribution in [0, 0.1) is 25.2 Å². The van der Waals surface area contributed by atoms with E-state index in [1.165, 1.54) is 12.3 Å². The van der Waals surface area contributed by atoms with Crippen LogP contribution in [0.15, 0.2) is 54.2 Å². The first kappa shape index (κ1) is 17.1. The van der Waals surface area contributed by atoms with Gasteiger partial charge >= 0.3 is 0 Å². The zero-order chi connectivity index (χ0) is 17.5. The lowest BCUT2D eigenvalue weighted by atomic mass is 10.1. The smallest absolute Gasteiger partial charge is 0.267 e. The van der Waals surface area contributed by atoms with E-state index in [0.717, 1.165) is 11.1 Å². The van der Waals surface area contributed by atoms with Crippen molar-refractivity contribution in [3.8, 4) is 11.8 Å². The van der Waals surface area contributed by atoms with Crippen LogP contribution in [0.1, 0.15) is 16.7 Å². The minimum Gasteiger partial charge on any atom is -0.508 e. The molecule has 0 radical (unpaired) electrons. The number of carbonyl (C=O) groups excluding carboxylic acids is 1. The molecule has 0 heterocycles. The summed E-state index contributed by atoms with van der Waals surface area (Å²) >= 11 is 0. The van der Waals surface area contributed by atoms with Crippen molar-refractivity contribution in [2.24, 2.45) is 0 Å². The van der Waals surface area contributed by atoms with Crippen LogP contribution in [0.2, 0.25) is 0 Å². The number of aromatic hydroxyl groups is 1. The van der Waals surface area contributed by atoms with Gasteiger partial charge in [0.1, 0.15) is 17.4 Å². The predicted octanol–water partition coefficient (Wildman–Crippen LogP) is 3.14. The van der Waals surface area contributed by atoms with Gasteiger partial charge in [-0.25, -0.2) is 0 Å². The molecule has 0 aliphatic heterocycles. The highest BCUT2D eigenvalue weighted by Gasteiger charge is 2.10. The Labute approximate surface area is 141 Å². The van der Waals surface area contributed by atoms with E-state index in [-0.39, 0.29) is 11.3 Å². The average molecular weight is 321 g/mol. The van der Waals surface area contributed by atoms with Gasteiger partial charge in [-0.05, 0) is 43.2 Å². The van der Waals surface area contributed by atoms with Gasteiger partial charge < -0.3 is 15.7 Å². The van der Waals surface area contributed by atoms with Crippen molar-refractivity contribution in [2.45, 2.75) is 20.4 Å². The van der Waals surface area contributed by atoms with E-state index in [4.69, 9.17) is 0 Å². The maximum Gasteiger partial charge on any atom is 0.267 e. The summed E-state index contributed by atoms with van der Waals surface area (Å²) < 4.78 is 0. The molecule has 0 aliphatic carbocycles. The van der Waals surface area contributed by atoms with Gasteiger partial charge in [-0.15, -0.1) is 0 Å². The standard InChI is InChI=1S/C19H19N3O2/c1-13-4-3-5-15(8-13)11-21-12-16(10-20)19(24)22-18-7-6-17(23)9-14(18)2/h3-9,12,21,23H,11H2,1-2H3,(H,22,24)/b16-12-. The van der Waals surface area contributed by atoms with Crippen LogP contribution in [0.4, 0.5) is 5.69 Å². The van der Waals surface area contributed by atoms with E-state index < -0.39 is 5.91 Å². The average Bonchev–Trinajstić information content (AvgIpc) is 2.54. The Morgan fingerprint density at radius 1 is 1.25 bits per heavy atom. The van der Waals surface area contributed by atoms with Crippen molar-refractivity contribution >= 4 is 11.6 Å². The number of benzene rings is 2. The minimum absolute atomic E-state index is 0.0184. The van der Waals surface area contributed by atoms with Crippen LogP contribution in [0.25, 0.3) is 0 Å². The number of anilines is 1. The van der Waals surface area contributed by atoms with Gasteiger partial charge in [-0.3, -0.25) is 4.79 Å². The number of rotatable bonds is 5. The molecule has 0 atom stereocenters. The molecule has 0 saturated carbocycles. The summed E-state index contributed by atoms with van der Waals surface area (Å²) in [6.07, 6.45) is 1.41. The molecular formula is C19H19N3O2. The number of nitriles is 1. The molecule has 2 aromatic rings. The summed E-state index contributed by atoms with van der Waals surface area (Å²) in [5.41, 5.74) is 3.47. The van der Waals surface area contributed by atoms with Gasteiger partial charge in [-0.1, -0.05) is 29.8 Å². The van der Waals surface area contributed by atoms with Gasteiger partial charge in [0, 0.05) is 18.4 Å². The van der Waals surface area contributed by atoms with Crippen LogP contribution in [-0.2, 0) is 11.3 Å². The molecular weight excluding hydrogens is 302 g/mol. The number of nitrogens with zero attached hydrogens (tertiary/aromatic N) is 1. The van der Waals surface area contributed by atoms with Crippen molar-refractivity contribution in [1.29, 1.82) is 5.26 Å². The molecule has 0 unspecified atom stereocenters. The molecule has 2 rings (SSSR count). The number of hydrogen-bond donors (Lipinski definition) is 3. The topological polar surface area (TPSA) is 85.2 Å². The van der Waals surface area contributed by atoms with Crippen LogP contribution < -0.4 is 10.6 Å². The molecule has 0 spiro atoms. The van der Waals surface area contributed by atoms with Gasteiger partial charge in [-0.2, -0.15) is 5.26 Å². The fraction of sp³-hybridized carbons (Fsp3) is 0.158.